The third-order valence-corrected chi connectivity index (χ3v) is 6.50. The fraction of sp³-hybridized carbons (Fsp3) is 0.476. The predicted octanol–water partition coefficient (Wildman–Crippen LogP) is 4.54. The minimum Gasteiger partial charge on any atom is -0.354 e. The van der Waals surface area contributed by atoms with E-state index in [1.165, 1.54) is 50.2 Å². The molecule has 1 fully saturated rings. The summed E-state index contributed by atoms with van der Waals surface area (Å²) in [5.74, 6) is 2.00. The van der Waals surface area contributed by atoms with Gasteiger partial charge in [-0.15, -0.1) is 11.3 Å². The van der Waals surface area contributed by atoms with Crippen LogP contribution in [0.1, 0.15) is 30.6 Å². The summed E-state index contributed by atoms with van der Waals surface area (Å²) in [6.45, 7) is 5.79. The number of thiophene rings is 1. The van der Waals surface area contributed by atoms with Gasteiger partial charge in [0.2, 0.25) is 0 Å². The Morgan fingerprint density at radius 3 is 2.68 bits per heavy atom. The first kappa shape index (κ1) is 16.8. The summed E-state index contributed by atoms with van der Waals surface area (Å²) in [6, 6.07) is 10.6. The first-order valence-electron chi connectivity index (χ1n) is 9.50. The lowest BCUT2D eigenvalue weighted by Crippen LogP contribution is -2.47. The normalized spacial score (nSPS) is 22.0. The van der Waals surface area contributed by atoms with Gasteiger partial charge >= 0.3 is 0 Å². The molecule has 4 rings (SSSR count). The van der Waals surface area contributed by atoms with Crippen molar-refractivity contribution in [2.45, 2.75) is 25.7 Å². The van der Waals surface area contributed by atoms with Gasteiger partial charge in [0.05, 0.1) is 0 Å². The van der Waals surface area contributed by atoms with Crippen molar-refractivity contribution in [1.82, 2.24) is 9.88 Å². The number of rotatable bonds is 5. The third kappa shape index (κ3) is 4.31. The molecule has 3 nitrogen and oxygen atoms in total. The van der Waals surface area contributed by atoms with Gasteiger partial charge < -0.3 is 4.90 Å². The van der Waals surface area contributed by atoms with Crippen molar-refractivity contribution in [2.24, 2.45) is 5.92 Å². The second-order valence-electron chi connectivity index (χ2n) is 7.15. The first-order valence-corrected chi connectivity index (χ1v) is 10.4. The van der Waals surface area contributed by atoms with E-state index in [0.29, 0.717) is 0 Å². The van der Waals surface area contributed by atoms with E-state index >= 15 is 0 Å². The highest BCUT2D eigenvalue weighted by atomic mass is 32.1. The number of allylic oxidation sites excluding steroid dienone is 2. The zero-order valence-corrected chi connectivity index (χ0v) is 15.6. The Hall–Kier alpha value is -1.65. The smallest absolute Gasteiger partial charge is 0.128 e. The zero-order valence-electron chi connectivity index (χ0n) is 14.8. The van der Waals surface area contributed by atoms with Gasteiger partial charge in [-0.3, -0.25) is 4.90 Å². The summed E-state index contributed by atoms with van der Waals surface area (Å²) < 4.78 is 0. The molecule has 0 aromatic carbocycles. The second-order valence-corrected chi connectivity index (χ2v) is 8.10. The Morgan fingerprint density at radius 2 is 2.00 bits per heavy atom. The van der Waals surface area contributed by atoms with Gasteiger partial charge in [-0.05, 0) is 67.3 Å². The van der Waals surface area contributed by atoms with Gasteiger partial charge in [0.15, 0.2) is 0 Å². The van der Waals surface area contributed by atoms with Crippen molar-refractivity contribution in [1.29, 1.82) is 0 Å². The molecule has 2 aliphatic rings. The summed E-state index contributed by atoms with van der Waals surface area (Å²) in [5.41, 5.74) is 1.58. The number of nitrogens with zero attached hydrogens (tertiary/aromatic N) is 3. The Morgan fingerprint density at radius 1 is 1.08 bits per heavy atom. The van der Waals surface area contributed by atoms with Gasteiger partial charge in [0.25, 0.3) is 0 Å². The minimum absolute atomic E-state index is 0.873. The van der Waals surface area contributed by atoms with Crippen LogP contribution >= 0.6 is 11.3 Å². The average molecular weight is 354 g/mol. The van der Waals surface area contributed by atoms with Crippen LogP contribution in [0.2, 0.25) is 0 Å². The van der Waals surface area contributed by atoms with E-state index in [1.807, 2.05) is 23.6 Å². The lowest BCUT2D eigenvalue weighted by atomic mass is 9.87. The maximum atomic E-state index is 4.48. The van der Waals surface area contributed by atoms with Crippen molar-refractivity contribution in [2.75, 3.05) is 37.6 Å². The molecular weight excluding hydrogens is 326 g/mol. The van der Waals surface area contributed by atoms with Crippen LogP contribution < -0.4 is 4.90 Å². The van der Waals surface area contributed by atoms with Crippen LogP contribution in [0.3, 0.4) is 0 Å². The van der Waals surface area contributed by atoms with Crippen LogP contribution in [-0.4, -0.2) is 42.6 Å². The standard InChI is InChI=1S/C21H27N3S/c1-2-11-22-21(5-1)24-15-13-23(14-16-24)12-10-18-6-8-19(9-7-18)20-4-3-17-25-20/h1-5,8,11,17-18H,6-7,9-10,12-16H2. The largest absolute Gasteiger partial charge is 0.354 e. The molecule has 3 heterocycles. The second kappa shape index (κ2) is 8.15. The summed E-state index contributed by atoms with van der Waals surface area (Å²) in [7, 11) is 0. The molecular formula is C21H27N3S. The number of anilines is 1. The number of pyridine rings is 1. The molecule has 132 valence electrons. The van der Waals surface area contributed by atoms with Crippen molar-refractivity contribution < 1.29 is 0 Å². The van der Waals surface area contributed by atoms with Crippen LogP contribution in [-0.2, 0) is 0 Å². The molecule has 0 amide bonds. The third-order valence-electron chi connectivity index (χ3n) is 5.56. The molecule has 1 unspecified atom stereocenters. The molecule has 1 aliphatic carbocycles. The number of hydrogen-bond acceptors (Lipinski definition) is 4. The molecule has 25 heavy (non-hydrogen) atoms. The van der Waals surface area contributed by atoms with E-state index in [4.69, 9.17) is 0 Å². The van der Waals surface area contributed by atoms with E-state index in [1.54, 1.807) is 5.57 Å². The summed E-state index contributed by atoms with van der Waals surface area (Å²) in [4.78, 5) is 11.0. The summed E-state index contributed by atoms with van der Waals surface area (Å²) in [5, 5.41) is 2.19. The van der Waals surface area contributed by atoms with Gasteiger partial charge in [-0.1, -0.05) is 18.2 Å². The highest BCUT2D eigenvalue weighted by molar-refractivity contribution is 7.11. The monoisotopic (exact) mass is 353 g/mol. The molecule has 1 atom stereocenters. The maximum Gasteiger partial charge on any atom is 0.128 e. The Bertz CT molecular complexity index is 672. The van der Waals surface area contributed by atoms with Crippen LogP contribution in [0.5, 0.6) is 0 Å². The number of piperazine rings is 1. The number of hydrogen-bond donors (Lipinski definition) is 0. The van der Waals surface area contributed by atoms with Crippen LogP contribution in [0, 0.1) is 5.92 Å². The molecule has 4 heteroatoms. The highest BCUT2D eigenvalue weighted by Crippen LogP contribution is 2.33. The quantitative estimate of drug-likeness (QED) is 0.787. The molecule has 0 saturated carbocycles. The van der Waals surface area contributed by atoms with E-state index in [0.717, 1.165) is 24.8 Å². The Kier molecular flexibility index (Phi) is 5.48. The lowest BCUT2D eigenvalue weighted by molar-refractivity contribution is 0.234. The van der Waals surface area contributed by atoms with E-state index in [2.05, 4.69) is 50.5 Å². The van der Waals surface area contributed by atoms with Gasteiger partial charge in [0.1, 0.15) is 5.82 Å². The summed E-state index contributed by atoms with van der Waals surface area (Å²) in [6.07, 6.45) is 9.62. The maximum absolute atomic E-state index is 4.48. The Balaban J connectivity index is 1.20. The minimum atomic E-state index is 0.873. The predicted molar refractivity (Wildman–Crippen MR) is 107 cm³/mol. The van der Waals surface area contributed by atoms with E-state index in [9.17, 15) is 0 Å². The van der Waals surface area contributed by atoms with E-state index < -0.39 is 0 Å². The first-order chi connectivity index (χ1) is 12.4. The van der Waals surface area contributed by atoms with Crippen LogP contribution in [0.25, 0.3) is 5.57 Å². The van der Waals surface area contributed by atoms with E-state index in [-0.39, 0.29) is 0 Å². The molecule has 2 aromatic rings. The van der Waals surface area contributed by atoms with Crippen molar-refractivity contribution >= 4 is 22.7 Å². The molecule has 1 saturated heterocycles. The lowest BCUT2D eigenvalue weighted by Gasteiger charge is -2.36. The zero-order chi connectivity index (χ0) is 16.9. The molecule has 0 N–H and O–H groups in total. The fourth-order valence-corrected chi connectivity index (χ4v) is 4.74. The van der Waals surface area contributed by atoms with Gasteiger partial charge in [-0.25, -0.2) is 4.98 Å². The van der Waals surface area contributed by atoms with Crippen molar-refractivity contribution in [3.63, 3.8) is 0 Å². The van der Waals surface area contributed by atoms with Crippen molar-refractivity contribution in [3.8, 4) is 0 Å². The average Bonchev–Trinajstić information content (AvgIpc) is 3.23. The van der Waals surface area contributed by atoms with Crippen LogP contribution in [0.4, 0.5) is 5.82 Å². The molecule has 0 radical (unpaired) electrons. The molecule has 2 aromatic heterocycles. The summed E-state index contributed by atoms with van der Waals surface area (Å²) >= 11 is 1.88. The van der Waals surface area contributed by atoms with Gasteiger partial charge in [0, 0.05) is 37.3 Å². The Labute approximate surface area is 155 Å². The topological polar surface area (TPSA) is 19.4 Å². The molecule has 1 aliphatic heterocycles. The molecule has 0 spiro atoms. The SMILES string of the molecule is C1=C(c2cccs2)CCC(CCN2CCN(c3ccccn3)CC2)C1. The van der Waals surface area contributed by atoms with Crippen LogP contribution in [0.15, 0.2) is 48.0 Å². The molecule has 0 bridgehead atoms. The fourth-order valence-electron chi connectivity index (χ4n) is 3.94. The highest BCUT2D eigenvalue weighted by Gasteiger charge is 2.20. The van der Waals surface area contributed by atoms with Crippen molar-refractivity contribution in [3.05, 3.63) is 52.9 Å². The number of aromatic nitrogens is 1. The van der Waals surface area contributed by atoms with Gasteiger partial charge in [-0.2, -0.15) is 0 Å².